The van der Waals surface area contributed by atoms with Gasteiger partial charge in [-0.1, -0.05) is 22.0 Å². The van der Waals surface area contributed by atoms with Crippen molar-refractivity contribution < 1.29 is 9.59 Å². The zero-order valence-corrected chi connectivity index (χ0v) is 17.5. The van der Waals surface area contributed by atoms with Crippen LogP contribution >= 0.6 is 15.9 Å². The third kappa shape index (κ3) is 4.48. The average molecular weight is 456 g/mol. The molecule has 150 valence electrons. The lowest BCUT2D eigenvalue weighted by atomic mass is 9.97. The van der Waals surface area contributed by atoms with Crippen LogP contribution in [-0.4, -0.2) is 50.9 Å². The van der Waals surface area contributed by atoms with Gasteiger partial charge in [-0.3, -0.25) is 14.0 Å². The summed E-state index contributed by atoms with van der Waals surface area (Å²) in [4.78, 5) is 26.7. The molecule has 0 radical (unpaired) electrons. The van der Waals surface area contributed by atoms with Crippen molar-refractivity contribution in [3.8, 4) is 0 Å². The second-order valence-electron chi connectivity index (χ2n) is 7.18. The zero-order valence-electron chi connectivity index (χ0n) is 15.9. The molecule has 1 saturated heterocycles. The van der Waals surface area contributed by atoms with Crippen molar-refractivity contribution in [1.29, 1.82) is 0 Å². The van der Waals surface area contributed by atoms with Gasteiger partial charge < -0.3 is 10.2 Å². The first-order valence-electron chi connectivity index (χ1n) is 9.73. The minimum Gasteiger partial charge on any atom is -0.352 e. The van der Waals surface area contributed by atoms with Crippen LogP contribution in [-0.2, 0) is 4.79 Å². The number of rotatable bonds is 5. The van der Waals surface area contributed by atoms with Crippen molar-refractivity contribution in [1.82, 2.24) is 24.8 Å². The van der Waals surface area contributed by atoms with Crippen LogP contribution in [0.25, 0.3) is 5.65 Å². The third-order valence-electron chi connectivity index (χ3n) is 5.21. The van der Waals surface area contributed by atoms with Crippen molar-refractivity contribution in [2.75, 3.05) is 19.6 Å². The molecule has 29 heavy (non-hydrogen) atoms. The topological polar surface area (TPSA) is 79.6 Å². The Balaban J connectivity index is 1.32. The molecule has 0 unspecified atom stereocenters. The molecule has 3 aromatic rings. The Labute approximate surface area is 177 Å². The first-order valence-corrected chi connectivity index (χ1v) is 10.5. The maximum atomic E-state index is 12.7. The summed E-state index contributed by atoms with van der Waals surface area (Å²) in [5.74, 6) is 0.959. The lowest BCUT2D eigenvalue weighted by molar-refractivity contribution is -0.132. The highest BCUT2D eigenvalue weighted by molar-refractivity contribution is 9.10. The highest BCUT2D eigenvalue weighted by atomic mass is 79.9. The van der Waals surface area contributed by atoms with Gasteiger partial charge in [-0.15, -0.1) is 10.2 Å². The second kappa shape index (κ2) is 8.73. The molecule has 0 spiro atoms. The molecule has 1 aromatic carbocycles. The number of benzene rings is 1. The van der Waals surface area contributed by atoms with E-state index in [1.54, 1.807) is 12.1 Å². The molecule has 1 aliphatic heterocycles. The SMILES string of the molecule is O=C(NCCC(=O)N1CCC[C@@H](c2nnc3ccccn23)C1)c1ccc(Br)cc1. The van der Waals surface area contributed by atoms with Gasteiger partial charge in [0.1, 0.15) is 5.82 Å². The van der Waals surface area contributed by atoms with Crippen molar-refractivity contribution in [3.63, 3.8) is 0 Å². The predicted molar refractivity (Wildman–Crippen MR) is 113 cm³/mol. The Morgan fingerprint density at radius 3 is 2.79 bits per heavy atom. The van der Waals surface area contributed by atoms with Crippen molar-refractivity contribution in [3.05, 3.63) is 64.5 Å². The molecule has 1 N–H and O–H groups in total. The Morgan fingerprint density at radius 1 is 1.14 bits per heavy atom. The van der Waals surface area contributed by atoms with Crippen molar-refractivity contribution in [2.45, 2.75) is 25.2 Å². The summed E-state index contributed by atoms with van der Waals surface area (Å²) in [5.41, 5.74) is 1.40. The highest BCUT2D eigenvalue weighted by Crippen LogP contribution is 2.26. The molecule has 0 aliphatic carbocycles. The van der Waals surface area contributed by atoms with E-state index in [2.05, 4.69) is 31.4 Å². The van der Waals surface area contributed by atoms with Gasteiger partial charge >= 0.3 is 0 Å². The van der Waals surface area contributed by atoms with Gasteiger partial charge in [-0.25, -0.2) is 0 Å². The molecule has 3 heterocycles. The van der Waals surface area contributed by atoms with E-state index < -0.39 is 0 Å². The third-order valence-corrected chi connectivity index (χ3v) is 5.74. The fourth-order valence-corrected chi connectivity index (χ4v) is 3.96. The number of amides is 2. The minimum atomic E-state index is -0.170. The molecule has 4 rings (SSSR count). The van der Waals surface area contributed by atoms with Crippen molar-refractivity contribution in [2.24, 2.45) is 0 Å². The van der Waals surface area contributed by atoms with Gasteiger partial charge in [0.05, 0.1) is 0 Å². The number of halogens is 1. The Bertz CT molecular complexity index is 1020. The van der Waals surface area contributed by atoms with Crippen LogP contribution in [0.15, 0.2) is 53.1 Å². The van der Waals surface area contributed by atoms with Crippen LogP contribution in [0.4, 0.5) is 0 Å². The molecular weight excluding hydrogens is 434 g/mol. The van der Waals surface area contributed by atoms with E-state index >= 15 is 0 Å². The molecule has 0 bridgehead atoms. The number of nitrogens with zero attached hydrogens (tertiary/aromatic N) is 4. The Kier molecular flexibility index (Phi) is 5.89. The molecule has 2 amide bonds. The molecule has 1 aliphatic rings. The molecule has 8 heteroatoms. The zero-order chi connectivity index (χ0) is 20.2. The minimum absolute atomic E-state index is 0.0552. The monoisotopic (exact) mass is 455 g/mol. The summed E-state index contributed by atoms with van der Waals surface area (Å²) in [6.07, 6.45) is 4.17. The quantitative estimate of drug-likeness (QED) is 0.640. The van der Waals surface area contributed by atoms with E-state index in [0.29, 0.717) is 18.7 Å². The smallest absolute Gasteiger partial charge is 0.251 e. The van der Waals surface area contributed by atoms with Crippen LogP contribution in [0.3, 0.4) is 0 Å². The maximum Gasteiger partial charge on any atom is 0.251 e. The normalized spacial score (nSPS) is 16.7. The number of likely N-dealkylation sites (tertiary alicyclic amines) is 1. The van der Waals surface area contributed by atoms with E-state index in [0.717, 1.165) is 35.3 Å². The summed E-state index contributed by atoms with van der Waals surface area (Å²) < 4.78 is 2.92. The second-order valence-corrected chi connectivity index (χ2v) is 8.09. The molecule has 7 nitrogen and oxygen atoms in total. The summed E-state index contributed by atoms with van der Waals surface area (Å²) in [7, 11) is 0. The first-order chi connectivity index (χ1) is 14.1. The molecule has 0 saturated carbocycles. The lowest BCUT2D eigenvalue weighted by Crippen LogP contribution is -2.41. The van der Waals surface area contributed by atoms with E-state index in [1.165, 1.54) is 0 Å². The number of carbonyl (C=O) groups excluding carboxylic acids is 2. The summed E-state index contributed by atoms with van der Waals surface area (Å²) >= 11 is 3.35. The van der Waals surface area contributed by atoms with E-state index in [1.807, 2.05) is 45.8 Å². The van der Waals surface area contributed by atoms with Gasteiger partial charge in [-0.05, 0) is 49.2 Å². The molecule has 2 aromatic heterocycles. The van der Waals surface area contributed by atoms with Crippen LogP contribution in [0.1, 0.15) is 41.4 Å². The number of fused-ring (bicyclic) bond motifs is 1. The van der Waals surface area contributed by atoms with E-state index in [4.69, 9.17) is 0 Å². The number of carbonyl (C=O) groups is 2. The van der Waals surface area contributed by atoms with Crippen LogP contribution in [0.2, 0.25) is 0 Å². The fraction of sp³-hybridized carbons (Fsp3) is 0.333. The van der Waals surface area contributed by atoms with Crippen molar-refractivity contribution >= 4 is 33.4 Å². The van der Waals surface area contributed by atoms with E-state index in [9.17, 15) is 9.59 Å². The number of aromatic nitrogens is 3. The summed E-state index contributed by atoms with van der Waals surface area (Å²) in [6.45, 7) is 1.70. The number of piperidine rings is 1. The van der Waals surface area contributed by atoms with Gasteiger partial charge in [0.25, 0.3) is 5.91 Å². The Morgan fingerprint density at radius 2 is 1.97 bits per heavy atom. The van der Waals surface area contributed by atoms with Gasteiger partial charge in [0, 0.05) is 48.2 Å². The number of hydrogen-bond acceptors (Lipinski definition) is 4. The average Bonchev–Trinajstić information content (AvgIpc) is 3.18. The largest absolute Gasteiger partial charge is 0.352 e. The predicted octanol–water partition coefficient (Wildman–Crippen LogP) is 3.02. The highest BCUT2D eigenvalue weighted by Gasteiger charge is 2.27. The fourth-order valence-electron chi connectivity index (χ4n) is 3.70. The number of nitrogens with one attached hydrogen (secondary N) is 1. The van der Waals surface area contributed by atoms with Gasteiger partial charge in [0.15, 0.2) is 5.65 Å². The molecular formula is C21H22BrN5O2. The Hall–Kier alpha value is -2.74. The molecule has 1 atom stereocenters. The maximum absolute atomic E-state index is 12.7. The number of pyridine rings is 1. The summed E-state index contributed by atoms with van der Waals surface area (Å²) in [6, 6.07) is 13.0. The lowest BCUT2D eigenvalue weighted by Gasteiger charge is -2.32. The molecule has 1 fully saturated rings. The first kappa shape index (κ1) is 19.6. The van der Waals surface area contributed by atoms with Crippen LogP contribution in [0.5, 0.6) is 0 Å². The summed E-state index contributed by atoms with van der Waals surface area (Å²) in [5, 5.41) is 11.4. The van der Waals surface area contributed by atoms with Crippen LogP contribution in [0, 0.1) is 0 Å². The van der Waals surface area contributed by atoms with Gasteiger partial charge in [0.2, 0.25) is 5.91 Å². The van der Waals surface area contributed by atoms with Gasteiger partial charge in [-0.2, -0.15) is 0 Å². The number of hydrogen-bond donors (Lipinski definition) is 1. The van der Waals surface area contributed by atoms with E-state index in [-0.39, 0.29) is 24.2 Å². The standard InChI is InChI=1S/C21H22BrN5O2/c22-17-8-6-15(7-9-17)21(29)23-11-10-19(28)26-12-3-4-16(14-26)20-25-24-18-5-1-2-13-27(18)20/h1-2,5-9,13,16H,3-4,10-12,14H2,(H,23,29)/t16-/m1/s1. The van der Waals surface area contributed by atoms with Crippen LogP contribution < -0.4 is 5.32 Å².